The van der Waals surface area contributed by atoms with Crippen LogP contribution in [0.2, 0.25) is 0 Å². The highest BCUT2D eigenvalue weighted by Crippen LogP contribution is 2.36. The maximum Gasteiger partial charge on any atom is 0.113 e. The molecule has 0 saturated carbocycles. The third-order valence-electron chi connectivity index (χ3n) is 4.60. The van der Waals surface area contributed by atoms with Crippen molar-refractivity contribution in [2.45, 2.75) is 65.3 Å². The van der Waals surface area contributed by atoms with E-state index in [1.54, 1.807) is 0 Å². The Balaban J connectivity index is 2.17. The van der Waals surface area contributed by atoms with Gasteiger partial charge in [-0.1, -0.05) is 20.8 Å². The van der Waals surface area contributed by atoms with E-state index < -0.39 is 0 Å². The third-order valence-corrected chi connectivity index (χ3v) is 5.82. The van der Waals surface area contributed by atoms with Crippen molar-refractivity contribution in [3.8, 4) is 0 Å². The first-order chi connectivity index (χ1) is 10.1. The van der Waals surface area contributed by atoms with Crippen LogP contribution >= 0.6 is 11.3 Å². The number of rotatable bonds is 7. The van der Waals surface area contributed by atoms with Gasteiger partial charge in [0.1, 0.15) is 5.01 Å². The fraction of sp³-hybridized carbons (Fsp3) is 0.824. The van der Waals surface area contributed by atoms with Gasteiger partial charge in [-0.2, -0.15) is 0 Å². The predicted molar refractivity (Wildman–Crippen MR) is 92.2 cm³/mol. The summed E-state index contributed by atoms with van der Waals surface area (Å²) in [6.07, 6.45) is 5.89. The van der Waals surface area contributed by atoms with Crippen LogP contribution in [-0.4, -0.2) is 36.1 Å². The SMILES string of the molecule is CCCNC1(c2nc(CC)c(C)s2)CCN(CCC)CC1. The number of piperidine rings is 1. The van der Waals surface area contributed by atoms with E-state index in [0.29, 0.717) is 0 Å². The first kappa shape index (κ1) is 16.9. The molecule has 1 aromatic rings. The quantitative estimate of drug-likeness (QED) is 0.832. The molecule has 2 heterocycles. The van der Waals surface area contributed by atoms with Crippen LogP contribution in [0.1, 0.15) is 62.0 Å². The highest BCUT2D eigenvalue weighted by molar-refractivity contribution is 7.11. The number of hydrogen-bond donors (Lipinski definition) is 1. The number of aromatic nitrogens is 1. The fourth-order valence-electron chi connectivity index (χ4n) is 3.27. The van der Waals surface area contributed by atoms with Crippen LogP contribution in [0.5, 0.6) is 0 Å². The Hall–Kier alpha value is -0.450. The summed E-state index contributed by atoms with van der Waals surface area (Å²) in [5.41, 5.74) is 1.42. The van der Waals surface area contributed by atoms with Crippen LogP contribution in [0.3, 0.4) is 0 Å². The molecule has 1 aromatic heterocycles. The number of aryl methyl sites for hydroxylation is 2. The second-order valence-electron chi connectivity index (χ2n) is 6.23. The van der Waals surface area contributed by atoms with Crippen LogP contribution in [0.15, 0.2) is 0 Å². The monoisotopic (exact) mass is 309 g/mol. The number of hydrogen-bond acceptors (Lipinski definition) is 4. The van der Waals surface area contributed by atoms with Gasteiger partial charge < -0.3 is 10.2 Å². The summed E-state index contributed by atoms with van der Waals surface area (Å²) in [5, 5.41) is 5.18. The molecule has 0 aromatic carbocycles. The summed E-state index contributed by atoms with van der Waals surface area (Å²) in [7, 11) is 0. The lowest BCUT2D eigenvalue weighted by molar-refractivity contribution is 0.134. The number of thiazole rings is 1. The van der Waals surface area contributed by atoms with Crippen LogP contribution in [0.25, 0.3) is 0 Å². The number of likely N-dealkylation sites (tertiary alicyclic amines) is 1. The Labute approximate surface area is 134 Å². The van der Waals surface area contributed by atoms with Gasteiger partial charge in [0.05, 0.1) is 11.2 Å². The van der Waals surface area contributed by atoms with E-state index in [2.05, 4.69) is 37.9 Å². The van der Waals surface area contributed by atoms with Crippen molar-refractivity contribution in [1.29, 1.82) is 0 Å². The second kappa shape index (κ2) is 7.70. The Morgan fingerprint density at radius 2 is 1.90 bits per heavy atom. The normalized spacial score (nSPS) is 19.0. The molecule has 0 aliphatic carbocycles. The molecule has 0 atom stereocenters. The van der Waals surface area contributed by atoms with Crippen LogP contribution in [-0.2, 0) is 12.0 Å². The first-order valence-electron chi connectivity index (χ1n) is 8.59. The van der Waals surface area contributed by atoms with Crippen molar-refractivity contribution in [1.82, 2.24) is 15.2 Å². The van der Waals surface area contributed by atoms with Gasteiger partial charge in [-0.25, -0.2) is 4.98 Å². The fourth-order valence-corrected chi connectivity index (χ4v) is 4.49. The molecular formula is C17H31N3S. The van der Waals surface area contributed by atoms with Crippen molar-refractivity contribution in [3.63, 3.8) is 0 Å². The van der Waals surface area contributed by atoms with Crippen molar-refractivity contribution in [3.05, 3.63) is 15.6 Å². The zero-order valence-corrected chi connectivity index (χ0v) is 15.0. The van der Waals surface area contributed by atoms with Crippen LogP contribution in [0, 0.1) is 6.92 Å². The lowest BCUT2D eigenvalue weighted by atomic mass is 9.87. The van der Waals surface area contributed by atoms with E-state index in [9.17, 15) is 0 Å². The zero-order chi connectivity index (χ0) is 15.3. The van der Waals surface area contributed by atoms with Crippen molar-refractivity contribution in [2.24, 2.45) is 0 Å². The number of nitrogens with zero attached hydrogens (tertiary/aromatic N) is 2. The maximum absolute atomic E-state index is 4.99. The second-order valence-corrected chi connectivity index (χ2v) is 7.43. The van der Waals surface area contributed by atoms with E-state index in [1.165, 1.54) is 60.9 Å². The Morgan fingerprint density at radius 1 is 1.19 bits per heavy atom. The largest absolute Gasteiger partial charge is 0.305 e. The van der Waals surface area contributed by atoms with Gasteiger partial charge >= 0.3 is 0 Å². The zero-order valence-electron chi connectivity index (χ0n) is 14.2. The molecule has 4 heteroatoms. The maximum atomic E-state index is 4.99. The lowest BCUT2D eigenvalue weighted by Gasteiger charge is -2.41. The summed E-state index contributed by atoms with van der Waals surface area (Å²) in [5.74, 6) is 0. The van der Waals surface area contributed by atoms with Gasteiger partial charge in [-0.15, -0.1) is 11.3 Å². The molecule has 2 rings (SSSR count). The molecule has 1 aliphatic heterocycles. The molecule has 120 valence electrons. The highest BCUT2D eigenvalue weighted by Gasteiger charge is 2.38. The molecule has 1 aliphatic rings. The molecular weight excluding hydrogens is 278 g/mol. The standard InChI is InChI=1S/C17H31N3S/c1-5-10-18-17(8-12-20(11-6-2)13-9-17)16-19-15(7-3)14(4)21-16/h18H,5-13H2,1-4H3. The van der Waals surface area contributed by atoms with Gasteiger partial charge in [0.2, 0.25) is 0 Å². The summed E-state index contributed by atoms with van der Waals surface area (Å²) in [4.78, 5) is 8.99. The molecule has 3 nitrogen and oxygen atoms in total. The first-order valence-corrected chi connectivity index (χ1v) is 9.41. The highest BCUT2D eigenvalue weighted by atomic mass is 32.1. The molecule has 0 unspecified atom stereocenters. The minimum Gasteiger partial charge on any atom is -0.305 e. The molecule has 0 amide bonds. The van der Waals surface area contributed by atoms with Crippen LogP contribution < -0.4 is 5.32 Å². The average molecular weight is 310 g/mol. The summed E-state index contributed by atoms with van der Waals surface area (Å²) < 4.78 is 0. The topological polar surface area (TPSA) is 28.2 Å². The van der Waals surface area contributed by atoms with E-state index in [0.717, 1.165) is 13.0 Å². The number of nitrogens with one attached hydrogen (secondary N) is 1. The van der Waals surface area contributed by atoms with Gasteiger partial charge in [0.25, 0.3) is 0 Å². The molecule has 1 N–H and O–H groups in total. The summed E-state index contributed by atoms with van der Waals surface area (Å²) >= 11 is 1.92. The molecule has 1 saturated heterocycles. The Kier molecular flexibility index (Phi) is 6.20. The van der Waals surface area contributed by atoms with Crippen molar-refractivity contribution >= 4 is 11.3 Å². The minimum absolute atomic E-state index is 0.128. The van der Waals surface area contributed by atoms with Crippen LogP contribution in [0.4, 0.5) is 0 Å². The van der Waals surface area contributed by atoms with Crippen molar-refractivity contribution in [2.75, 3.05) is 26.2 Å². The summed E-state index contributed by atoms with van der Waals surface area (Å²) in [6.45, 7) is 13.7. The van der Waals surface area contributed by atoms with E-state index in [1.807, 2.05) is 11.3 Å². The molecule has 21 heavy (non-hydrogen) atoms. The Bertz CT molecular complexity index is 433. The smallest absolute Gasteiger partial charge is 0.113 e. The predicted octanol–water partition coefficient (Wildman–Crippen LogP) is 3.71. The minimum atomic E-state index is 0.128. The van der Waals surface area contributed by atoms with Gasteiger partial charge in [-0.05, 0) is 52.1 Å². The molecule has 0 radical (unpaired) electrons. The van der Waals surface area contributed by atoms with Gasteiger partial charge in [-0.3, -0.25) is 0 Å². The third kappa shape index (κ3) is 3.85. The lowest BCUT2D eigenvalue weighted by Crippen LogP contribution is -2.51. The average Bonchev–Trinajstić information content (AvgIpc) is 2.89. The Morgan fingerprint density at radius 3 is 2.43 bits per heavy atom. The summed E-state index contributed by atoms with van der Waals surface area (Å²) in [6, 6.07) is 0. The molecule has 0 spiro atoms. The molecule has 0 bridgehead atoms. The van der Waals surface area contributed by atoms with E-state index in [4.69, 9.17) is 4.98 Å². The molecule has 1 fully saturated rings. The van der Waals surface area contributed by atoms with Gasteiger partial charge in [0.15, 0.2) is 0 Å². The van der Waals surface area contributed by atoms with Gasteiger partial charge in [0, 0.05) is 18.0 Å². The van der Waals surface area contributed by atoms with Crippen molar-refractivity contribution < 1.29 is 0 Å². The van der Waals surface area contributed by atoms with E-state index in [-0.39, 0.29) is 5.54 Å². The van der Waals surface area contributed by atoms with E-state index >= 15 is 0 Å².